The molecule has 0 aromatic heterocycles. The number of rotatable bonds is 3. The number of aromatic hydroxyl groups is 2. The highest BCUT2D eigenvalue weighted by atomic mass is 16.7. The average Bonchev–Trinajstić information content (AvgIpc) is 2.71. The van der Waals surface area contributed by atoms with E-state index in [9.17, 15) is 35.7 Å². The topological polar surface area (TPSA) is 169 Å². The van der Waals surface area contributed by atoms with Gasteiger partial charge in [0.2, 0.25) is 6.29 Å². The third kappa shape index (κ3) is 3.60. The molecule has 2 aromatic rings. The zero-order valence-corrected chi connectivity index (χ0v) is 16.9. The van der Waals surface area contributed by atoms with E-state index in [2.05, 4.69) is 0 Å². The van der Waals surface area contributed by atoms with Crippen molar-refractivity contribution in [2.75, 3.05) is 6.61 Å². The molecular weight excluding hydrogens is 412 g/mol. The summed E-state index contributed by atoms with van der Waals surface area (Å²) in [6.45, 7) is 2.81. The zero-order chi connectivity index (χ0) is 22.6. The largest absolute Gasteiger partial charge is 0.508 e. The van der Waals surface area contributed by atoms with Gasteiger partial charge in [0, 0.05) is 11.6 Å². The van der Waals surface area contributed by atoms with Gasteiger partial charge < -0.3 is 50.0 Å². The molecule has 0 bridgehead atoms. The third-order valence-electron chi connectivity index (χ3n) is 5.91. The first kappa shape index (κ1) is 22.0. The Labute approximate surface area is 177 Å². The Hall–Kier alpha value is -2.18. The number of aliphatic hydroxyl groups is 5. The van der Waals surface area contributed by atoms with Crippen LogP contribution in [-0.4, -0.2) is 79.2 Å². The first-order valence-corrected chi connectivity index (χ1v) is 9.97. The van der Waals surface area contributed by atoms with Crippen LogP contribution in [0.5, 0.6) is 17.2 Å². The Morgan fingerprint density at radius 2 is 1.65 bits per heavy atom. The Morgan fingerprint density at radius 1 is 0.935 bits per heavy atom. The van der Waals surface area contributed by atoms with Crippen LogP contribution in [0.3, 0.4) is 0 Å². The van der Waals surface area contributed by atoms with Gasteiger partial charge in [-0.05, 0) is 36.9 Å². The molecule has 2 aliphatic rings. The predicted octanol–water partition coefficient (Wildman–Crippen LogP) is -0.0572. The molecule has 0 saturated carbocycles. The average molecular weight is 438 g/mol. The van der Waals surface area contributed by atoms with E-state index in [0.29, 0.717) is 16.5 Å². The van der Waals surface area contributed by atoms with Crippen LogP contribution in [0.25, 0.3) is 10.8 Å². The van der Waals surface area contributed by atoms with Gasteiger partial charge in [-0.25, -0.2) is 0 Å². The maximum absolute atomic E-state index is 11.0. The number of ether oxygens (including phenoxy) is 3. The van der Waals surface area contributed by atoms with Crippen LogP contribution in [0, 0.1) is 0 Å². The van der Waals surface area contributed by atoms with Crippen molar-refractivity contribution in [2.24, 2.45) is 0 Å². The molecule has 10 heteroatoms. The first-order valence-electron chi connectivity index (χ1n) is 9.97. The lowest BCUT2D eigenvalue weighted by Gasteiger charge is -2.39. The second-order valence-electron chi connectivity index (χ2n) is 8.01. The van der Waals surface area contributed by atoms with Gasteiger partial charge in [0.25, 0.3) is 0 Å². The summed E-state index contributed by atoms with van der Waals surface area (Å²) in [5.41, 5.74) is 0.822. The standard InChI is InChI=1S/C21H26O10/c1-7-14-11(16(24)8(2)29-7)4-9-3-10(23)5-12(15(9)18(14)26)30-21-20(28)19(27)17(25)13(6-22)31-21/h3-5,7-8,13,16-17,19-28H,6H2,1-2H3/t7?,8-,13-,16?,17-,19?,20-,21-/m1/s1. The molecule has 3 unspecified atom stereocenters. The number of aliphatic hydroxyl groups excluding tert-OH is 5. The minimum absolute atomic E-state index is 0.0695. The van der Waals surface area contributed by atoms with Crippen LogP contribution in [0.15, 0.2) is 18.2 Å². The summed E-state index contributed by atoms with van der Waals surface area (Å²) in [6, 6.07) is 4.20. The van der Waals surface area contributed by atoms with Gasteiger partial charge >= 0.3 is 0 Å². The molecule has 0 aliphatic carbocycles. The van der Waals surface area contributed by atoms with Gasteiger partial charge in [-0.2, -0.15) is 0 Å². The molecule has 1 saturated heterocycles. The Morgan fingerprint density at radius 3 is 2.32 bits per heavy atom. The van der Waals surface area contributed by atoms with Crippen molar-refractivity contribution in [1.29, 1.82) is 0 Å². The number of phenols is 2. The van der Waals surface area contributed by atoms with E-state index in [1.54, 1.807) is 19.9 Å². The molecule has 8 atom stereocenters. The van der Waals surface area contributed by atoms with E-state index in [0.717, 1.165) is 0 Å². The molecule has 2 heterocycles. The normalized spacial score (nSPS) is 35.7. The van der Waals surface area contributed by atoms with Crippen LogP contribution in [0.1, 0.15) is 37.2 Å². The molecule has 10 nitrogen and oxygen atoms in total. The SMILES string of the molecule is CC1O[C@H](C)C(O)c2cc3cc(O)cc(O[C@@H]4O[C@H](CO)[C@@H](O)C(O)[C@H]4O)c3c(O)c21. The molecule has 7 N–H and O–H groups in total. The van der Waals surface area contributed by atoms with Crippen LogP contribution >= 0.6 is 0 Å². The van der Waals surface area contributed by atoms with Crippen molar-refractivity contribution in [1.82, 2.24) is 0 Å². The second kappa shape index (κ2) is 8.06. The van der Waals surface area contributed by atoms with Gasteiger partial charge in [0.1, 0.15) is 47.8 Å². The molecule has 2 aliphatic heterocycles. The fourth-order valence-corrected chi connectivity index (χ4v) is 4.28. The van der Waals surface area contributed by atoms with Crippen LogP contribution in [0.2, 0.25) is 0 Å². The Balaban J connectivity index is 1.81. The molecule has 1 fully saturated rings. The number of phenolic OH excluding ortho intramolecular Hbond substituents is 2. The van der Waals surface area contributed by atoms with E-state index in [1.165, 1.54) is 12.1 Å². The highest BCUT2D eigenvalue weighted by Gasteiger charge is 2.45. The lowest BCUT2D eigenvalue weighted by Crippen LogP contribution is -2.60. The Kier molecular flexibility index (Phi) is 5.73. The molecule has 4 rings (SSSR count). The van der Waals surface area contributed by atoms with Crippen molar-refractivity contribution in [3.63, 3.8) is 0 Å². The summed E-state index contributed by atoms with van der Waals surface area (Å²) in [7, 11) is 0. The van der Waals surface area contributed by atoms with Crippen molar-refractivity contribution in [2.45, 2.75) is 62.9 Å². The summed E-state index contributed by atoms with van der Waals surface area (Å²) in [6.07, 6.45) is -9.58. The maximum Gasteiger partial charge on any atom is 0.229 e. The van der Waals surface area contributed by atoms with E-state index in [1.807, 2.05) is 0 Å². The second-order valence-corrected chi connectivity index (χ2v) is 8.01. The van der Waals surface area contributed by atoms with Crippen molar-refractivity contribution in [3.05, 3.63) is 29.3 Å². The highest BCUT2D eigenvalue weighted by molar-refractivity contribution is 5.96. The van der Waals surface area contributed by atoms with Gasteiger partial charge in [0.15, 0.2) is 0 Å². The fourth-order valence-electron chi connectivity index (χ4n) is 4.28. The lowest BCUT2D eigenvalue weighted by molar-refractivity contribution is -0.277. The first-order chi connectivity index (χ1) is 14.6. The van der Waals surface area contributed by atoms with Crippen LogP contribution in [0.4, 0.5) is 0 Å². The Bertz CT molecular complexity index is 977. The lowest BCUT2D eigenvalue weighted by atomic mass is 9.88. The van der Waals surface area contributed by atoms with E-state index >= 15 is 0 Å². The maximum atomic E-state index is 11.0. The minimum atomic E-state index is -1.67. The molecule has 0 amide bonds. The van der Waals surface area contributed by atoms with Crippen molar-refractivity contribution in [3.8, 4) is 17.2 Å². The summed E-state index contributed by atoms with van der Waals surface area (Å²) >= 11 is 0. The van der Waals surface area contributed by atoms with Gasteiger partial charge in [0.05, 0.1) is 24.2 Å². The fraction of sp³-hybridized carbons (Fsp3) is 0.524. The molecule has 2 aromatic carbocycles. The van der Waals surface area contributed by atoms with Crippen molar-refractivity contribution < 1.29 is 50.0 Å². The van der Waals surface area contributed by atoms with Gasteiger partial charge in [-0.3, -0.25) is 0 Å². The molecule has 31 heavy (non-hydrogen) atoms. The smallest absolute Gasteiger partial charge is 0.229 e. The third-order valence-corrected chi connectivity index (χ3v) is 5.91. The monoisotopic (exact) mass is 438 g/mol. The number of hydrogen-bond donors (Lipinski definition) is 7. The van der Waals surface area contributed by atoms with E-state index in [-0.39, 0.29) is 22.6 Å². The van der Waals surface area contributed by atoms with Crippen molar-refractivity contribution >= 4 is 10.8 Å². The number of hydrogen-bond acceptors (Lipinski definition) is 10. The highest BCUT2D eigenvalue weighted by Crippen LogP contribution is 2.48. The molecule has 0 spiro atoms. The minimum Gasteiger partial charge on any atom is -0.508 e. The number of fused-ring (bicyclic) bond motifs is 2. The summed E-state index contributed by atoms with van der Waals surface area (Å²) in [5.74, 6) is -0.514. The quantitative estimate of drug-likeness (QED) is 0.345. The molecule has 0 radical (unpaired) electrons. The number of benzene rings is 2. The van der Waals surface area contributed by atoms with E-state index in [4.69, 9.17) is 14.2 Å². The van der Waals surface area contributed by atoms with Crippen LogP contribution < -0.4 is 4.74 Å². The predicted molar refractivity (Wildman–Crippen MR) is 106 cm³/mol. The van der Waals surface area contributed by atoms with Gasteiger partial charge in [-0.1, -0.05) is 0 Å². The summed E-state index contributed by atoms with van der Waals surface area (Å²) in [4.78, 5) is 0. The van der Waals surface area contributed by atoms with E-state index < -0.39 is 55.6 Å². The zero-order valence-electron chi connectivity index (χ0n) is 16.9. The summed E-state index contributed by atoms with van der Waals surface area (Å²) < 4.78 is 16.7. The van der Waals surface area contributed by atoms with Gasteiger partial charge in [-0.15, -0.1) is 0 Å². The van der Waals surface area contributed by atoms with Crippen LogP contribution in [-0.2, 0) is 9.47 Å². The summed E-state index contributed by atoms with van der Waals surface area (Å²) in [5, 5.41) is 71.9. The molecular formula is C21H26O10. The molecule has 170 valence electrons.